The minimum atomic E-state index is -0.479. The van der Waals surface area contributed by atoms with Crippen molar-refractivity contribution in [2.24, 2.45) is 0 Å². The van der Waals surface area contributed by atoms with Gasteiger partial charge in [0.2, 0.25) is 0 Å². The third-order valence-corrected chi connectivity index (χ3v) is 5.15. The van der Waals surface area contributed by atoms with Gasteiger partial charge in [-0.15, -0.1) is 0 Å². The Labute approximate surface area is 196 Å². The molecule has 1 N–H and O–H groups in total. The fraction of sp³-hybridized carbons (Fsp3) is 0.154. The second-order valence-electron chi connectivity index (χ2n) is 7.05. The van der Waals surface area contributed by atoms with Crippen LogP contribution in [-0.2, 0) is 11.4 Å². The summed E-state index contributed by atoms with van der Waals surface area (Å²) < 4.78 is 12.0. The molecule has 0 aliphatic heterocycles. The zero-order valence-electron chi connectivity index (χ0n) is 17.9. The largest absolute Gasteiger partial charge is 0.494 e. The number of aryl methyl sites for hydroxylation is 1. The molecule has 3 rings (SSSR count). The Morgan fingerprint density at radius 1 is 1.09 bits per heavy atom. The van der Waals surface area contributed by atoms with Crippen LogP contribution < -0.4 is 14.8 Å². The summed E-state index contributed by atoms with van der Waals surface area (Å²) >= 11 is 3.51. The van der Waals surface area contributed by atoms with Crippen LogP contribution >= 0.6 is 15.9 Å². The molecule has 0 fully saturated rings. The van der Waals surface area contributed by atoms with Crippen molar-refractivity contribution in [2.45, 2.75) is 20.5 Å². The highest BCUT2D eigenvalue weighted by atomic mass is 79.9. The predicted molar refractivity (Wildman–Crippen MR) is 129 cm³/mol. The maximum Gasteiger partial charge on any atom is 0.266 e. The molecule has 0 aliphatic carbocycles. The Balaban J connectivity index is 1.67. The van der Waals surface area contributed by atoms with E-state index >= 15 is 0 Å². The number of rotatable bonds is 8. The normalized spacial score (nSPS) is 10.9. The molecule has 1 amide bonds. The Morgan fingerprint density at radius 3 is 2.53 bits per heavy atom. The summed E-state index contributed by atoms with van der Waals surface area (Å²) in [5.41, 5.74) is 3.55. The summed E-state index contributed by atoms with van der Waals surface area (Å²) in [5.74, 6) is 0.921. The number of benzene rings is 3. The Kier molecular flexibility index (Phi) is 8.07. The molecular weight excluding hydrogens is 468 g/mol. The number of nitrogens with zero attached hydrogens (tertiary/aromatic N) is 1. The number of carbonyl (C=O) groups excluding carboxylic acids is 1. The average Bonchev–Trinajstić information content (AvgIpc) is 2.78. The first-order chi connectivity index (χ1) is 15.5. The van der Waals surface area contributed by atoms with E-state index < -0.39 is 5.91 Å². The number of anilines is 1. The molecule has 0 spiro atoms. The fourth-order valence-electron chi connectivity index (χ4n) is 3.00. The molecule has 0 bridgehead atoms. The highest BCUT2D eigenvalue weighted by molar-refractivity contribution is 9.10. The van der Waals surface area contributed by atoms with Gasteiger partial charge in [-0.05, 0) is 83.4 Å². The topological polar surface area (TPSA) is 71.3 Å². The van der Waals surface area contributed by atoms with Gasteiger partial charge in [-0.2, -0.15) is 5.26 Å². The van der Waals surface area contributed by atoms with Crippen LogP contribution in [-0.4, -0.2) is 12.5 Å². The number of ether oxygens (including phenoxy) is 2. The molecule has 0 heterocycles. The average molecular weight is 491 g/mol. The molecule has 0 aliphatic rings. The van der Waals surface area contributed by atoms with Crippen LogP contribution in [0.25, 0.3) is 6.08 Å². The van der Waals surface area contributed by atoms with Crippen LogP contribution in [0.15, 0.2) is 76.8 Å². The number of amides is 1. The van der Waals surface area contributed by atoms with Crippen LogP contribution in [0, 0.1) is 18.3 Å². The minimum absolute atomic E-state index is 0.000728. The van der Waals surface area contributed by atoms with Crippen LogP contribution in [0.4, 0.5) is 5.69 Å². The van der Waals surface area contributed by atoms with Gasteiger partial charge in [-0.1, -0.05) is 35.9 Å². The number of halogens is 1. The smallest absolute Gasteiger partial charge is 0.266 e. The third-order valence-electron chi connectivity index (χ3n) is 4.53. The minimum Gasteiger partial charge on any atom is -0.494 e. The number of hydrogen-bond acceptors (Lipinski definition) is 4. The van der Waals surface area contributed by atoms with Gasteiger partial charge in [0.05, 0.1) is 11.1 Å². The molecule has 32 heavy (non-hydrogen) atoms. The standard InChI is InChI=1S/C26H23BrN2O3/c1-3-31-23-10-8-22(9-11-23)29-26(30)21(16-28)14-19-7-12-25(24(27)15-19)32-17-20-6-4-5-18(2)13-20/h4-15H,3,17H2,1-2H3,(H,29,30)/b21-14-. The lowest BCUT2D eigenvalue weighted by Gasteiger charge is -2.10. The Hall–Kier alpha value is -3.56. The van der Waals surface area contributed by atoms with E-state index in [-0.39, 0.29) is 5.57 Å². The van der Waals surface area contributed by atoms with E-state index in [1.807, 2.05) is 50.2 Å². The number of nitrogens with one attached hydrogen (secondary N) is 1. The van der Waals surface area contributed by atoms with Gasteiger partial charge in [0, 0.05) is 5.69 Å². The molecule has 0 radical (unpaired) electrons. The summed E-state index contributed by atoms with van der Waals surface area (Å²) in [7, 11) is 0. The lowest BCUT2D eigenvalue weighted by molar-refractivity contribution is -0.112. The number of hydrogen-bond donors (Lipinski definition) is 1. The molecular formula is C26H23BrN2O3. The van der Waals surface area contributed by atoms with E-state index in [9.17, 15) is 10.1 Å². The van der Waals surface area contributed by atoms with Crippen molar-refractivity contribution >= 4 is 33.6 Å². The second-order valence-corrected chi connectivity index (χ2v) is 7.90. The summed E-state index contributed by atoms with van der Waals surface area (Å²) in [6, 6.07) is 22.5. The molecule has 0 saturated carbocycles. The fourth-order valence-corrected chi connectivity index (χ4v) is 3.51. The van der Waals surface area contributed by atoms with Crippen molar-refractivity contribution < 1.29 is 14.3 Å². The van der Waals surface area contributed by atoms with Crippen molar-refractivity contribution in [1.82, 2.24) is 0 Å². The lowest BCUT2D eigenvalue weighted by atomic mass is 10.1. The highest BCUT2D eigenvalue weighted by Gasteiger charge is 2.11. The van der Waals surface area contributed by atoms with E-state index in [0.29, 0.717) is 30.2 Å². The van der Waals surface area contributed by atoms with Crippen molar-refractivity contribution in [1.29, 1.82) is 5.26 Å². The lowest BCUT2D eigenvalue weighted by Crippen LogP contribution is -2.13. The van der Waals surface area contributed by atoms with Gasteiger partial charge < -0.3 is 14.8 Å². The number of nitriles is 1. The monoisotopic (exact) mass is 490 g/mol. The van der Waals surface area contributed by atoms with Gasteiger partial charge in [-0.25, -0.2) is 0 Å². The predicted octanol–water partition coefficient (Wildman–Crippen LogP) is 6.28. The Morgan fingerprint density at radius 2 is 1.88 bits per heavy atom. The van der Waals surface area contributed by atoms with E-state index in [0.717, 1.165) is 15.8 Å². The molecule has 6 heteroatoms. The van der Waals surface area contributed by atoms with E-state index in [2.05, 4.69) is 27.3 Å². The van der Waals surface area contributed by atoms with E-state index in [4.69, 9.17) is 9.47 Å². The molecule has 0 aromatic heterocycles. The van der Waals surface area contributed by atoms with Gasteiger partial charge >= 0.3 is 0 Å². The van der Waals surface area contributed by atoms with Gasteiger partial charge in [-0.3, -0.25) is 4.79 Å². The maximum absolute atomic E-state index is 12.5. The SMILES string of the molecule is CCOc1ccc(NC(=O)/C(C#N)=C\c2ccc(OCc3cccc(C)c3)c(Br)c2)cc1. The van der Waals surface area contributed by atoms with Crippen molar-refractivity contribution in [2.75, 3.05) is 11.9 Å². The van der Waals surface area contributed by atoms with Crippen LogP contribution in [0.3, 0.4) is 0 Å². The molecule has 0 unspecified atom stereocenters. The molecule has 5 nitrogen and oxygen atoms in total. The molecule has 162 valence electrons. The Bertz CT molecular complexity index is 1160. The quantitative estimate of drug-likeness (QED) is 0.297. The van der Waals surface area contributed by atoms with Gasteiger partial charge in [0.15, 0.2) is 0 Å². The summed E-state index contributed by atoms with van der Waals surface area (Å²) in [5, 5.41) is 12.2. The first kappa shape index (κ1) is 23.1. The summed E-state index contributed by atoms with van der Waals surface area (Å²) in [6.07, 6.45) is 1.54. The number of carbonyl (C=O) groups is 1. The molecule has 0 atom stereocenters. The maximum atomic E-state index is 12.5. The third kappa shape index (κ3) is 6.47. The molecule has 3 aromatic rings. The molecule has 3 aromatic carbocycles. The van der Waals surface area contributed by atoms with Crippen molar-refractivity contribution in [3.05, 3.63) is 93.5 Å². The summed E-state index contributed by atoms with van der Waals surface area (Å²) in [6.45, 7) is 4.96. The van der Waals surface area contributed by atoms with Crippen LogP contribution in [0.5, 0.6) is 11.5 Å². The zero-order chi connectivity index (χ0) is 22.9. The highest BCUT2D eigenvalue weighted by Crippen LogP contribution is 2.28. The van der Waals surface area contributed by atoms with Crippen LogP contribution in [0.2, 0.25) is 0 Å². The summed E-state index contributed by atoms with van der Waals surface area (Å²) in [4.78, 5) is 12.5. The molecule has 0 saturated heterocycles. The van der Waals surface area contributed by atoms with E-state index in [1.165, 1.54) is 5.56 Å². The first-order valence-electron chi connectivity index (χ1n) is 10.1. The van der Waals surface area contributed by atoms with Crippen LogP contribution in [0.1, 0.15) is 23.6 Å². The van der Waals surface area contributed by atoms with Gasteiger partial charge in [0.1, 0.15) is 29.7 Å². The van der Waals surface area contributed by atoms with E-state index in [1.54, 1.807) is 36.4 Å². The second kappa shape index (κ2) is 11.2. The van der Waals surface area contributed by atoms with Gasteiger partial charge in [0.25, 0.3) is 5.91 Å². The zero-order valence-corrected chi connectivity index (χ0v) is 19.5. The first-order valence-corrected chi connectivity index (χ1v) is 10.9. The van der Waals surface area contributed by atoms with Crippen molar-refractivity contribution in [3.63, 3.8) is 0 Å². The van der Waals surface area contributed by atoms with Crippen molar-refractivity contribution in [3.8, 4) is 17.6 Å².